The minimum absolute atomic E-state index is 0.678. The summed E-state index contributed by atoms with van der Waals surface area (Å²) >= 11 is 0. The van der Waals surface area contributed by atoms with Gasteiger partial charge in [-0.3, -0.25) is 4.79 Å². The second-order valence-electron chi connectivity index (χ2n) is 3.17. The molecule has 14 heavy (non-hydrogen) atoms. The summed E-state index contributed by atoms with van der Waals surface area (Å²) in [6, 6.07) is 3.66. The lowest BCUT2D eigenvalue weighted by atomic mass is 10.4. The highest BCUT2D eigenvalue weighted by Crippen LogP contribution is 2.04. The van der Waals surface area contributed by atoms with Gasteiger partial charge in [0.25, 0.3) is 0 Å². The Bertz CT molecular complexity index is 442. The van der Waals surface area contributed by atoms with E-state index in [1.54, 1.807) is 18.6 Å². The fourth-order valence-corrected chi connectivity index (χ4v) is 1.39. The summed E-state index contributed by atoms with van der Waals surface area (Å²) in [6.07, 6.45) is 6.29. The van der Waals surface area contributed by atoms with Gasteiger partial charge in [0.2, 0.25) is 0 Å². The second kappa shape index (κ2) is 3.49. The number of aryl methyl sites for hydroxylation is 1. The molecule has 0 fully saturated rings. The third kappa shape index (κ3) is 1.46. The van der Waals surface area contributed by atoms with Gasteiger partial charge in [-0.2, -0.15) is 0 Å². The van der Waals surface area contributed by atoms with Gasteiger partial charge in [-0.1, -0.05) is 0 Å². The van der Waals surface area contributed by atoms with E-state index in [1.165, 1.54) is 0 Å². The number of carbonyl (C=O) groups excluding carboxylic acids is 1. The van der Waals surface area contributed by atoms with Crippen molar-refractivity contribution in [1.82, 2.24) is 14.1 Å². The van der Waals surface area contributed by atoms with Crippen molar-refractivity contribution in [3.8, 4) is 0 Å². The second-order valence-corrected chi connectivity index (χ2v) is 3.17. The molecule has 2 rings (SSSR count). The molecule has 4 nitrogen and oxygen atoms in total. The van der Waals surface area contributed by atoms with Gasteiger partial charge in [-0.25, -0.2) is 4.98 Å². The molecule has 0 aromatic carbocycles. The molecule has 0 spiro atoms. The zero-order valence-electron chi connectivity index (χ0n) is 7.92. The first-order chi connectivity index (χ1) is 6.81. The number of rotatable bonds is 3. The molecule has 0 bridgehead atoms. The summed E-state index contributed by atoms with van der Waals surface area (Å²) in [5, 5.41) is 0. The Morgan fingerprint density at radius 1 is 1.57 bits per heavy atom. The van der Waals surface area contributed by atoms with Gasteiger partial charge >= 0.3 is 0 Å². The molecule has 4 heteroatoms. The predicted octanol–water partition coefficient (Wildman–Crippen LogP) is 1.08. The van der Waals surface area contributed by atoms with Crippen molar-refractivity contribution in [2.75, 3.05) is 0 Å². The SMILES string of the molecule is Cn1cncc1Cn1cccc1C=O. The summed E-state index contributed by atoms with van der Waals surface area (Å²) < 4.78 is 3.83. The van der Waals surface area contributed by atoms with Gasteiger partial charge in [0.05, 0.1) is 24.3 Å². The Kier molecular flexibility index (Phi) is 2.18. The number of aromatic nitrogens is 3. The van der Waals surface area contributed by atoms with Crippen molar-refractivity contribution in [2.45, 2.75) is 6.54 Å². The Morgan fingerprint density at radius 2 is 2.43 bits per heavy atom. The van der Waals surface area contributed by atoms with Gasteiger partial charge in [0.15, 0.2) is 6.29 Å². The van der Waals surface area contributed by atoms with E-state index in [9.17, 15) is 4.79 Å². The lowest BCUT2D eigenvalue weighted by Crippen LogP contribution is -2.05. The first-order valence-corrected chi connectivity index (χ1v) is 4.37. The van der Waals surface area contributed by atoms with Crippen LogP contribution in [0.3, 0.4) is 0 Å². The molecular formula is C10H11N3O. The molecule has 72 valence electrons. The van der Waals surface area contributed by atoms with Crippen molar-refractivity contribution < 1.29 is 4.79 Å². The van der Waals surface area contributed by atoms with Crippen LogP contribution < -0.4 is 0 Å². The van der Waals surface area contributed by atoms with Crippen LogP contribution in [-0.2, 0) is 13.6 Å². The lowest BCUT2D eigenvalue weighted by Gasteiger charge is -2.05. The maximum atomic E-state index is 10.7. The van der Waals surface area contributed by atoms with Crippen LogP contribution in [0.15, 0.2) is 30.9 Å². The summed E-state index contributed by atoms with van der Waals surface area (Å²) in [7, 11) is 1.94. The van der Waals surface area contributed by atoms with Crippen LogP contribution in [0.25, 0.3) is 0 Å². The molecule has 0 aliphatic rings. The first kappa shape index (κ1) is 8.74. The van der Waals surface area contributed by atoms with E-state index in [-0.39, 0.29) is 0 Å². The summed E-state index contributed by atoms with van der Waals surface area (Å²) in [4.78, 5) is 14.7. The first-order valence-electron chi connectivity index (χ1n) is 4.37. The highest BCUT2D eigenvalue weighted by molar-refractivity contribution is 5.72. The summed E-state index contributed by atoms with van der Waals surface area (Å²) in [6.45, 7) is 0.678. The third-order valence-corrected chi connectivity index (χ3v) is 2.23. The van der Waals surface area contributed by atoms with Gasteiger partial charge in [0, 0.05) is 19.4 Å². The van der Waals surface area contributed by atoms with Crippen LogP contribution in [0.2, 0.25) is 0 Å². The molecule has 0 amide bonds. The molecule has 0 atom stereocenters. The third-order valence-electron chi connectivity index (χ3n) is 2.23. The van der Waals surface area contributed by atoms with Crippen molar-refractivity contribution in [3.05, 3.63) is 42.2 Å². The number of hydrogen-bond donors (Lipinski definition) is 0. The number of hydrogen-bond acceptors (Lipinski definition) is 2. The van der Waals surface area contributed by atoms with Gasteiger partial charge in [-0.05, 0) is 12.1 Å². The maximum absolute atomic E-state index is 10.7. The Balaban J connectivity index is 2.27. The highest BCUT2D eigenvalue weighted by atomic mass is 16.1. The number of carbonyl (C=O) groups is 1. The van der Waals surface area contributed by atoms with Crippen molar-refractivity contribution in [2.24, 2.45) is 7.05 Å². The minimum Gasteiger partial charge on any atom is -0.339 e. The fourth-order valence-electron chi connectivity index (χ4n) is 1.39. The molecule has 0 N–H and O–H groups in total. The largest absolute Gasteiger partial charge is 0.339 e. The molecule has 0 aliphatic carbocycles. The van der Waals surface area contributed by atoms with Crippen LogP contribution >= 0.6 is 0 Å². The fraction of sp³-hybridized carbons (Fsp3) is 0.200. The standard InChI is InChI=1S/C10H11N3O/c1-12-8-11-5-10(12)6-13-4-2-3-9(13)7-14/h2-5,7-8H,6H2,1H3. The summed E-state index contributed by atoms with van der Waals surface area (Å²) in [5.74, 6) is 0. The van der Waals surface area contributed by atoms with E-state index in [0.29, 0.717) is 12.2 Å². The van der Waals surface area contributed by atoms with Crippen LogP contribution in [0, 0.1) is 0 Å². The number of nitrogens with zero attached hydrogens (tertiary/aromatic N) is 3. The van der Waals surface area contributed by atoms with E-state index < -0.39 is 0 Å². The maximum Gasteiger partial charge on any atom is 0.166 e. The van der Waals surface area contributed by atoms with Crippen LogP contribution in [-0.4, -0.2) is 20.4 Å². The van der Waals surface area contributed by atoms with Crippen LogP contribution in [0.5, 0.6) is 0 Å². The number of aldehydes is 1. The Labute approximate surface area is 81.8 Å². The van der Waals surface area contributed by atoms with Gasteiger partial charge in [-0.15, -0.1) is 0 Å². The molecule has 2 heterocycles. The molecule has 2 aromatic heterocycles. The topological polar surface area (TPSA) is 39.8 Å². The number of imidazole rings is 1. The van der Waals surface area contributed by atoms with Gasteiger partial charge in [0.1, 0.15) is 0 Å². The van der Waals surface area contributed by atoms with Crippen LogP contribution in [0.1, 0.15) is 16.2 Å². The quantitative estimate of drug-likeness (QED) is 0.678. The van der Waals surface area contributed by atoms with E-state index in [2.05, 4.69) is 4.98 Å². The average molecular weight is 189 g/mol. The molecule has 0 aliphatic heterocycles. The van der Waals surface area contributed by atoms with E-state index in [0.717, 1.165) is 12.0 Å². The van der Waals surface area contributed by atoms with E-state index in [1.807, 2.05) is 28.4 Å². The zero-order chi connectivity index (χ0) is 9.97. The molecule has 0 saturated heterocycles. The van der Waals surface area contributed by atoms with Crippen LogP contribution in [0.4, 0.5) is 0 Å². The molecular weight excluding hydrogens is 178 g/mol. The van der Waals surface area contributed by atoms with Crippen molar-refractivity contribution in [1.29, 1.82) is 0 Å². The molecule has 0 unspecified atom stereocenters. The molecule has 0 radical (unpaired) electrons. The Hall–Kier alpha value is -1.84. The molecule has 0 saturated carbocycles. The smallest absolute Gasteiger partial charge is 0.166 e. The van der Waals surface area contributed by atoms with E-state index >= 15 is 0 Å². The normalized spacial score (nSPS) is 10.4. The average Bonchev–Trinajstić information content (AvgIpc) is 2.77. The van der Waals surface area contributed by atoms with Crippen molar-refractivity contribution in [3.63, 3.8) is 0 Å². The highest BCUT2D eigenvalue weighted by Gasteiger charge is 2.02. The zero-order valence-corrected chi connectivity index (χ0v) is 7.92. The van der Waals surface area contributed by atoms with Gasteiger partial charge < -0.3 is 9.13 Å². The predicted molar refractivity (Wildman–Crippen MR) is 52.1 cm³/mol. The van der Waals surface area contributed by atoms with Crippen molar-refractivity contribution >= 4 is 6.29 Å². The lowest BCUT2D eigenvalue weighted by molar-refractivity contribution is 0.111. The minimum atomic E-state index is 0.678. The van der Waals surface area contributed by atoms with E-state index in [4.69, 9.17) is 0 Å². The summed E-state index contributed by atoms with van der Waals surface area (Å²) in [5.41, 5.74) is 1.76. The monoisotopic (exact) mass is 189 g/mol. The Morgan fingerprint density at radius 3 is 3.07 bits per heavy atom. The molecule has 2 aromatic rings.